The van der Waals surface area contributed by atoms with E-state index < -0.39 is 0 Å². The highest BCUT2D eigenvalue weighted by atomic mass is 16.2. The molecule has 1 aromatic carbocycles. The second-order valence-corrected chi connectivity index (χ2v) is 6.32. The lowest BCUT2D eigenvalue weighted by molar-refractivity contribution is 0.0943. The van der Waals surface area contributed by atoms with Crippen molar-refractivity contribution in [2.45, 2.75) is 52.0 Å². The van der Waals surface area contributed by atoms with E-state index in [-0.39, 0.29) is 17.9 Å². The number of hydrogen-bond acceptors (Lipinski definition) is 2. The molecule has 0 fully saturated rings. The third-order valence-electron chi connectivity index (χ3n) is 3.92. The van der Waals surface area contributed by atoms with Crippen LogP contribution in [-0.2, 0) is 0 Å². The molecular weight excluding hydrogens is 288 g/mol. The van der Waals surface area contributed by atoms with Crippen molar-refractivity contribution in [1.29, 1.82) is 0 Å². The Morgan fingerprint density at radius 2 is 1.87 bits per heavy atom. The number of nitrogens with one attached hydrogen (secondary N) is 2. The predicted molar refractivity (Wildman–Crippen MR) is 92.5 cm³/mol. The van der Waals surface area contributed by atoms with Gasteiger partial charge in [-0.05, 0) is 64.2 Å². The van der Waals surface area contributed by atoms with Crippen molar-refractivity contribution >= 4 is 11.8 Å². The minimum absolute atomic E-state index is 0.0729. The summed E-state index contributed by atoms with van der Waals surface area (Å²) in [5.41, 5.74) is 2.49. The summed E-state index contributed by atoms with van der Waals surface area (Å²) in [6.45, 7) is 4.47. The summed E-state index contributed by atoms with van der Waals surface area (Å²) in [6, 6.07) is 6.92. The highest BCUT2D eigenvalue weighted by Gasteiger charge is 2.11. The quantitative estimate of drug-likeness (QED) is 0.790. The number of carbonyl (C=O) groups is 2. The van der Waals surface area contributed by atoms with Gasteiger partial charge in [0.1, 0.15) is 0 Å². The second-order valence-electron chi connectivity index (χ2n) is 6.32. The summed E-state index contributed by atoms with van der Waals surface area (Å²) in [5, 5.41) is 5.77. The fourth-order valence-corrected chi connectivity index (χ4v) is 2.72. The fourth-order valence-electron chi connectivity index (χ4n) is 2.72. The molecule has 124 valence electrons. The lowest BCUT2D eigenvalue weighted by Crippen LogP contribution is -2.30. The Hall–Kier alpha value is -2.10. The largest absolute Gasteiger partial charge is 0.352 e. The van der Waals surface area contributed by atoms with E-state index >= 15 is 0 Å². The topological polar surface area (TPSA) is 58.2 Å². The maximum absolute atomic E-state index is 12.2. The molecule has 1 aliphatic rings. The maximum Gasteiger partial charge on any atom is 0.251 e. The molecule has 4 heteroatoms. The monoisotopic (exact) mass is 314 g/mol. The maximum atomic E-state index is 12.2. The Morgan fingerprint density at radius 1 is 1.13 bits per heavy atom. The fraction of sp³-hybridized carbons (Fsp3) is 0.474. The van der Waals surface area contributed by atoms with E-state index in [9.17, 15) is 9.59 Å². The van der Waals surface area contributed by atoms with Crippen LogP contribution in [0.15, 0.2) is 35.9 Å². The highest BCUT2D eigenvalue weighted by molar-refractivity contribution is 5.99. The number of allylic oxidation sites excluding steroid dienone is 1. The van der Waals surface area contributed by atoms with Crippen molar-refractivity contribution in [1.82, 2.24) is 10.6 Å². The van der Waals surface area contributed by atoms with Gasteiger partial charge in [0.05, 0.1) is 0 Å². The molecule has 23 heavy (non-hydrogen) atoms. The van der Waals surface area contributed by atoms with Gasteiger partial charge in [-0.25, -0.2) is 0 Å². The van der Waals surface area contributed by atoms with Crippen molar-refractivity contribution < 1.29 is 9.59 Å². The summed E-state index contributed by atoms with van der Waals surface area (Å²) in [5.74, 6) is -0.275. The number of benzene rings is 1. The Morgan fingerprint density at radius 3 is 2.52 bits per heavy atom. The lowest BCUT2D eigenvalue weighted by atomic mass is 9.97. The summed E-state index contributed by atoms with van der Waals surface area (Å²) in [7, 11) is 0. The molecular formula is C19H26N2O2. The molecule has 0 radical (unpaired) electrons. The first-order valence-corrected chi connectivity index (χ1v) is 8.43. The van der Waals surface area contributed by atoms with Crippen molar-refractivity contribution in [3.8, 4) is 0 Å². The zero-order valence-corrected chi connectivity index (χ0v) is 14.0. The average molecular weight is 314 g/mol. The van der Waals surface area contributed by atoms with Crippen molar-refractivity contribution in [3.63, 3.8) is 0 Å². The molecule has 0 aromatic heterocycles. The normalized spacial score (nSPS) is 14.3. The van der Waals surface area contributed by atoms with Gasteiger partial charge in [-0.3, -0.25) is 9.59 Å². The first-order chi connectivity index (χ1) is 11.1. The van der Waals surface area contributed by atoms with Crippen molar-refractivity contribution in [3.05, 3.63) is 47.0 Å². The molecule has 2 rings (SSSR count). The highest BCUT2D eigenvalue weighted by Crippen LogP contribution is 2.19. The Kier molecular flexibility index (Phi) is 6.39. The minimum Gasteiger partial charge on any atom is -0.352 e. The van der Waals surface area contributed by atoms with Gasteiger partial charge in [-0.15, -0.1) is 0 Å². The zero-order valence-electron chi connectivity index (χ0n) is 14.0. The van der Waals surface area contributed by atoms with Crippen LogP contribution >= 0.6 is 0 Å². The summed E-state index contributed by atoms with van der Waals surface area (Å²) in [4.78, 5) is 24.2. The predicted octanol–water partition coefficient (Wildman–Crippen LogP) is 3.45. The Bertz CT molecular complexity index is 591. The van der Waals surface area contributed by atoms with E-state index in [2.05, 4.69) is 16.7 Å². The van der Waals surface area contributed by atoms with E-state index in [0.717, 1.165) is 19.3 Å². The summed E-state index contributed by atoms with van der Waals surface area (Å²) >= 11 is 0. The van der Waals surface area contributed by atoms with E-state index in [1.54, 1.807) is 24.3 Å². The van der Waals surface area contributed by atoms with Crippen LogP contribution in [0.25, 0.3) is 0 Å². The van der Waals surface area contributed by atoms with E-state index in [1.165, 1.54) is 18.4 Å². The van der Waals surface area contributed by atoms with Crippen LogP contribution in [-0.4, -0.2) is 24.4 Å². The summed E-state index contributed by atoms with van der Waals surface area (Å²) < 4.78 is 0. The van der Waals surface area contributed by atoms with Gasteiger partial charge in [-0.2, -0.15) is 0 Å². The lowest BCUT2D eigenvalue weighted by Gasteiger charge is -2.13. The van der Waals surface area contributed by atoms with Crippen LogP contribution < -0.4 is 10.6 Å². The van der Waals surface area contributed by atoms with E-state index in [0.29, 0.717) is 17.7 Å². The smallest absolute Gasteiger partial charge is 0.251 e. The zero-order chi connectivity index (χ0) is 16.7. The van der Waals surface area contributed by atoms with Crippen LogP contribution in [0.5, 0.6) is 0 Å². The van der Waals surface area contributed by atoms with Gasteiger partial charge in [0.25, 0.3) is 11.8 Å². The Balaban J connectivity index is 1.89. The van der Waals surface area contributed by atoms with Gasteiger partial charge in [-0.1, -0.05) is 17.7 Å². The summed E-state index contributed by atoms with van der Waals surface area (Å²) in [6.07, 6.45) is 8.07. The van der Waals surface area contributed by atoms with Crippen LogP contribution in [0.2, 0.25) is 0 Å². The minimum atomic E-state index is -0.151. The van der Waals surface area contributed by atoms with Gasteiger partial charge in [0.2, 0.25) is 0 Å². The number of hydrogen-bond donors (Lipinski definition) is 2. The average Bonchev–Trinajstić information content (AvgIpc) is 2.55. The standard InChI is InChI=1S/C19H26N2O2/c1-14(2)21-19(23)17-10-6-9-16(13-17)18(22)20-12-11-15-7-4-3-5-8-15/h6-7,9-10,13-14H,3-5,8,11-12H2,1-2H3,(H,20,22)(H,21,23). The molecule has 0 spiro atoms. The SMILES string of the molecule is CC(C)NC(=O)c1cccc(C(=O)NCCC2=CCCCC2)c1. The van der Waals surface area contributed by atoms with Crippen LogP contribution in [0, 0.1) is 0 Å². The second kappa shape index (κ2) is 8.51. The van der Waals surface area contributed by atoms with E-state index in [4.69, 9.17) is 0 Å². The Labute approximate surface area is 138 Å². The number of rotatable bonds is 6. The van der Waals surface area contributed by atoms with Crippen LogP contribution in [0.3, 0.4) is 0 Å². The molecule has 0 unspecified atom stereocenters. The third-order valence-corrected chi connectivity index (χ3v) is 3.92. The van der Waals surface area contributed by atoms with Gasteiger partial charge >= 0.3 is 0 Å². The van der Waals surface area contributed by atoms with Crippen molar-refractivity contribution in [2.24, 2.45) is 0 Å². The molecule has 0 aliphatic heterocycles. The molecule has 0 atom stereocenters. The molecule has 2 N–H and O–H groups in total. The molecule has 0 heterocycles. The van der Waals surface area contributed by atoms with Crippen LogP contribution in [0.1, 0.15) is 66.7 Å². The molecule has 2 amide bonds. The molecule has 0 saturated carbocycles. The van der Waals surface area contributed by atoms with Crippen LogP contribution in [0.4, 0.5) is 0 Å². The molecule has 0 saturated heterocycles. The van der Waals surface area contributed by atoms with Gasteiger partial charge < -0.3 is 10.6 Å². The molecule has 1 aromatic rings. The van der Waals surface area contributed by atoms with Crippen molar-refractivity contribution in [2.75, 3.05) is 6.54 Å². The van der Waals surface area contributed by atoms with Gasteiger partial charge in [0.15, 0.2) is 0 Å². The third kappa shape index (κ3) is 5.55. The first kappa shape index (κ1) is 17.3. The number of amides is 2. The van der Waals surface area contributed by atoms with E-state index in [1.807, 2.05) is 13.8 Å². The molecule has 4 nitrogen and oxygen atoms in total. The van der Waals surface area contributed by atoms with Gasteiger partial charge in [0, 0.05) is 23.7 Å². The first-order valence-electron chi connectivity index (χ1n) is 8.43. The molecule has 0 bridgehead atoms. The number of carbonyl (C=O) groups excluding carboxylic acids is 2. The molecule has 1 aliphatic carbocycles.